The Morgan fingerprint density at radius 3 is 1.95 bits per heavy atom. The largest absolute Gasteiger partial charge is 0.493 e. The number of hydrogen-bond donors (Lipinski definition) is 1. The van der Waals surface area contributed by atoms with Gasteiger partial charge in [-0.05, 0) is 42.3 Å². The lowest BCUT2D eigenvalue weighted by atomic mass is 9.92. The Kier molecular flexibility index (Phi) is 7.08. The molecule has 200 valence electrons. The monoisotopic (exact) mass is 527 g/mol. The second kappa shape index (κ2) is 10.6. The van der Waals surface area contributed by atoms with Gasteiger partial charge in [-0.2, -0.15) is 5.01 Å². The van der Waals surface area contributed by atoms with Crippen LogP contribution in [0.3, 0.4) is 0 Å². The summed E-state index contributed by atoms with van der Waals surface area (Å²) in [6.07, 6.45) is 1.56. The van der Waals surface area contributed by atoms with Crippen molar-refractivity contribution in [3.63, 3.8) is 0 Å². The number of amides is 2. The van der Waals surface area contributed by atoms with Crippen LogP contribution in [-0.2, 0) is 9.59 Å². The lowest BCUT2D eigenvalue weighted by Crippen LogP contribution is -2.43. The SMILES string of the molecule is COc1cc([C@@H]2C(C(C)=O)=CN3C(=O)[C@@H](NC(=O)c4ccccc4)[C@H](c4ccccc4)N23)cc(OC)c1OC. The molecule has 2 aliphatic heterocycles. The molecule has 1 saturated heterocycles. The van der Waals surface area contributed by atoms with Crippen LogP contribution >= 0.6 is 0 Å². The zero-order valence-electron chi connectivity index (χ0n) is 22.1. The van der Waals surface area contributed by atoms with Crippen LogP contribution in [0.25, 0.3) is 0 Å². The fraction of sp³-hybridized carbons (Fsp3) is 0.233. The lowest BCUT2D eigenvalue weighted by Gasteiger charge is -2.33. The summed E-state index contributed by atoms with van der Waals surface area (Å²) >= 11 is 0. The number of nitrogens with one attached hydrogen (secondary N) is 1. The second-order valence-corrected chi connectivity index (χ2v) is 9.24. The van der Waals surface area contributed by atoms with E-state index in [0.717, 1.165) is 5.56 Å². The molecule has 5 rings (SSSR count). The summed E-state index contributed by atoms with van der Waals surface area (Å²) in [6, 6.07) is 19.6. The van der Waals surface area contributed by atoms with E-state index in [-0.39, 0.29) is 17.6 Å². The van der Waals surface area contributed by atoms with Crippen LogP contribution in [-0.4, -0.2) is 55.0 Å². The molecule has 39 heavy (non-hydrogen) atoms. The molecule has 1 fully saturated rings. The minimum Gasteiger partial charge on any atom is -0.493 e. The van der Waals surface area contributed by atoms with Gasteiger partial charge in [0.15, 0.2) is 17.3 Å². The van der Waals surface area contributed by atoms with E-state index in [4.69, 9.17) is 14.2 Å². The average Bonchev–Trinajstić information content (AvgIpc) is 3.48. The number of carbonyl (C=O) groups excluding carboxylic acids is 3. The van der Waals surface area contributed by atoms with Gasteiger partial charge in [0.1, 0.15) is 6.04 Å². The van der Waals surface area contributed by atoms with Crippen molar-refractivity contribution in [1.82, 2.24) is 15.3 Å². The van der Waals surface area contributed by atoms with Crippen molar-refractivity contribution in [2.24, 2.45) is 0 Å². The van der Waals surface area contributed by atoms with Gasteiger partial charge in [-0.15, -0.1) is 0 Å². The van der Waals surface area contributed by atoms with Gasteiger partial charge in [0.05, 0.1) is 33.4 Å². The molecule has 0 radical (unpaired) electrons. The van der Waals surface area contributed by atoms with Crippen LogP contribution in [0.15, 0.2) is 84.6 Å². The first kappa shape index (κ1) is 26.0. The molecule has 0 spiro atoms. The van der Waals surface area contributed by atoms with Crippen molar-refractivity contribution in [2.45, 2.75) is 25.0 Å². The molecule has 0 saturated carbocycles. The topological polar surface area (TPSA) is 97.4 Å². The van der Waals surface area contributed by atoms with E-state index in [2.05, 4.69) is 5.32 Å². The number of fused-ring (bicyclic) bond motifs is 1. The zero-order valence-corrected chi connectivity index (χ0v) is 22.1. The maximum absolute atomic E-state index is 13.9. The van der Waals surface area contributed by atoms with E-state index in [0.29, 0.717) is 33.9 Å². The quantitative estimate of drug-likeness (QED) is 0.475. The third-order valence-electron chi connectivity index (χ3n) is 7.03. The summed E-state index contributed by atoms with van der Waals surface area (Å²) in [7, 11) is 4.55. The molecule has 3 atom stereocenters. The lowest BCUT2D eigenvalue weighted by molar-refractivity contribution is -0.134. The number of methoxy groups -OCH3 is 3. The van der Waals surface area contributed by atoms with Gasteiger partial charge < -0.3 is 19.5 Å². The molecule has 9 heteroatoms. The number of nitrogens with zero attached hydrogens (tertiary/aromatic N) is 2. The second-order valence-electron chi connectivity index (χ2n) is 9.24. The fourth-order valence-corrected chi connectivity index (χ4v) is 5.26. The third kappa shape index (κ3) is 4.51. The van der Waals surface area contributed by atoms with Crippen molar-refractivity contribution in [1.29, 1.82) is 0 Å². The molecule has 2 aliphatic rings. The van der Waals surface area contributed by atoms with E-state index < -0.39 is 18.1 Å². The molecule has 3 aromatic carbocycles. The van der Waals surface area contributed by atoms with Crippen molar-refractivity contribution >= 4 is 17.6 Å². The Hall–Kier alpha value is -4.63. The van der Waals surface area contributed by atoms with Crippen molar-refractivity contribution in [3.05, 3.63) is 101 Å². The van der Waals surface area contributed by atoms with Gasteiger partial charge in [-0.1, -0.05) is 48.5 Å². The minimum atomic E-state index is -0.908. The van der Waals surface area contributed by atoms with Gasteiger partial charge in [0.25, 0.3) is 11.8 Å². The minimum absolute atomic E-state index is 0.187. The predicted molar refractivity (Wildman–Crippen MR) is 143 cm³/mol. The number of rotatable bonds is 8. The molecular weight excluding hydrogens is 498 g/mol. The highest BCUT2D eigenvalue weighted by molar-refractivity contribution is 6.00. The van der Waals surface area contributed by atoms with Crippen LogP contribution in [0.1, 0.15) is 40.5 Å². The maximum atomic E-state index is 13.9. The summed E-state index contributed by atoms with van der Waals surface area (Å²) in [4.78, 5) is 40.0. The zero-order chi connectivity index (χ0) is 27.7. The molecule has 3 aromatic rings. The summed E-state index contributed by atoms with van der Waals surface area (Å²) in [5.74, 6) is 0.358. The Bertz CT molecular complexity index is 1410. The summed E-state index contributed by atoms with van der Waals surface area (Å²) in [5, 5.41) is 6.23. The van der Waals surface area contributed by atoms with E-state index in [1.165, 1.54) is 33.3 Å². The molecule has 0 aromatic heterocycles. The van der Waals surface area contributed by atoms with E-state index in [1.54, 1.807) is 42.6 Å². The molecule has 0 bridgehead atoms. The molecular formula is C30H29N3O6. The number of ketones is 1. The van der Waals surface area contributed by atoms with Crippen LogP contribution in [0, 0.1) is 0 Å². The number of carbonyl (C=O) groups is 3. The molecule has 2 heterocycles. The van der Waals surface area contributed by atoms with E-state index in [9.17, 15) is 14.4 Å². The molecule has 0 aliphatic carbocycles. The van der Waals surface area contributed by atoms with Gasteiger partial charge >= 0.3 is 0 Å². The summed E-state index contributed by atoms with van der Waals surface area (Å²) in [5.41, 5.74) is 2.34. The first-order valence-electron chi connectivity index (χ1n) is 12.4. The Labute approximate surface area is 226 Å². The fourth-order valence-electron chi connectivity index (χ4n) is 5.26. The predicted octanol–water partition coefficient (Wildman–Crippen LogP) is 3.84. The average molecular weight is 528 g/mol. The summed E-state index contributed by atoms with van der Waals surface area (Å²) in [6.45, 7) is 1.47. The highest BCUT2D eigenvalue weighted by atomic mass is 16.5. The maximum Gasteiger partial charge on any atom is 0.265 e. The number of hydrazine groups is 1. The van der Waals surface area contributed by atoms with Gasteiger partial charge in [0.2, 0.25) is 5.75 Å². The number of hydrogen-bond acceptors (Lipinski definition) is 7. The molecule has 1 N–H and O–H groups in total. The highest BCUT2D eigenvalue weighted by Gasteiger charge is 2.55. The number of Topliss-reactive ketones (excluding diaryl/α,β-unsaturated/α-hetero) is 1. The van der Waals surface area contributed by atoms with Crippen molar-refractivity contribution in [2.75, 3.05) is 21.3 Å². The van der Waals surface area contributed by atoms with Crippen LogP contribution in [0.4, 0.5) is 0 Å². The van der Waals surface area contributed by atoms with Crippen molar-refractivity contribution in [3.8, 4) is 17.2 Å². The van der Waals surface area contributed by atoms with Gasteiger partial charge in [0, 0.05) is 17.3 Å². The number of benzene rings is 3. The Morgan fingerprint density at radius 2 is 1.41 bits per heavy atom. The van der Waals surface area contributed by atoms with Crippen molar-refractivity contribution < 1.29 is 28.6 Å². The first-order valence-corrected chi connectivity index (χ1v) is 12.4. The normalized spacial score (nSPS) is 20.3. The molecule has 2 amide bonds. The smallest absolute Gasteiger partial charge is 0.265 e. The van der Waals surface area contributed by atoms with Gasteiger partial charge in [-0.25, -0.2) is 5.01 Å². The molecule has 0 unspecified atom stereocenters. The van der Waals surface area contributed by atoms with Crippen LogP contribution in [0.2, 0.25) is 0 Å². The number of ether oxygens (including phenoxy) is 3. The van der Waals surface area contributed by atoms with Crippen LogP contribution < -0.4 is 19.5 Å². The van der Waals surface area contributed by atoms with Gasteiger partial charge in [-0.3, -0.25) is 14.4 Å². The standard InChI is InChI=1S/C30H29N3O6/c1-18(34)22-17-32-30(36)25(31-29(35)20-13-9-6-10-14-20)27(19-11-7-5-8-12-19)33(32)26(22)21-15-23(37-2)28(39-4)24(16-21)38-3/h5-17,25-27H,1-4H3,(H,31,35)/t25-,26+,27-/m0/s1. The Balaban J connectivity index is 1.65. The van der Waals surface area contributed by atoms with Crippen LogP contribution in [0.5, 0.6) is 17.2 Å². The Morgan fingerprint density at radius 1 is 0.821 bits per heavy atom. The summed E-state index contributed by atoms with van der Waals surface area (Å²) < 4.78 is 16.6. The first-order chi connectivity index (χ1) is 18.9. The molecule has 9 nitrogen and oxygen atoms in total. The van der Waals surface area contributed by atoms with E-state index >= 15 is 0 Å². The van der Waals surface area contributed by atoms with E-state index in [1.807, 2.05) is 41.4 Å². The third-order valence-corrected chi connectivity index (χ3v) is 7.03. The highest BCUT2D eigenvalue weighted by Crippen LogP contribution is 2.50.